The Kier molecular flexibility index (Phi) is 4.53. The molecule has 0 radical (unpaired) electrons. The van der Waals surface area contributed by atoms with E-state index < -0.39 is 11.9 Å². The Labute approximate surface area is 166 Å². The molecule has 3 N–H and O–H groups in total. The molecule has 0 aliphatic heterocycles. The van der Waals surface area contributed by atoms with Gasteiger partial charge in [0, 0.05) is 17.1 Å². The number of hydrogen-bond donors (Lipinski definition) is 3. The molecule has 3 heterocycles. The zero-order chi connectivity index (χ0) is 20.5. The maximum absolute atomic E-state index is 15.2. The highest BCUT2D eigenvalue weighted by Gasteiger charge is 2.27. The van der Waals surface area contributed by atoms with Crippen molar-refractivity contribution in [3.05, 3.63) is 41.2 Å². The van der Waals surface area contributed by atoms with Crippen molar-refractivity contribution in [1.82, 2.24) is 29.9 Å². The summed E-state index contributed by atoms with van der Waals surface area (Å²) in [5.74, 6) is -0.563. The van der Waals surface area contributed by atoms with Gasteiger partial charge in [-0.1, -0.05) is 11.6 Å². The number of fused-ring (bicyclic) bond motifs is 2. The summed E-state index contributed by atoms with van der Waals surface area (Å²) >= 11 is 6.31. The molecule has 0 aliphatic carbocycles. The van der Waals surface area contributed by atoms with E-state index in [-0.39, 0.29) is 21.7 Å². The molecule has 2 amide bonds. The van der Waals surface area contributed by atoms with Gasteiger partial charge >= 0.3 is 0 Å². The normalized spacial score (nSPS) is 11.9. The van der Waals surface area contributed by atoms with E-state index in [1.807, 2.05) is 6.07 Å². The van der Waals surface area contributed by atoms with Crippen molar-refractivity contribution >= 4 is 46.8 Å². The molecule has 0 fully saturated rings. The number of rotatable bonds is 6. The number of hydrogen-bond acceptors (Lipinski definition) is 6. The van der Waals surface area contributed by atoms with Gasteiger partial charge in [-0.15, -0.1) is 0 Å². The van der Waals surface area contributed by atoms with E-state index in [1.165, 1.54) is 12.4 Å². The number of aromatic amines is 1. The van der Waals surface area contributed by atoms with Crippen LogP contribution in [0.25, 0.3) is 27.8 Å². The van der Waals surface area contributed by atoms with Gasteiger partial charge in [0.1, 0.15) is 6.04 Å². The number of imidazole rings is 1. The number of halogens is 2. The topological polar surface area (TPSA) is 141 Å². The van der Waals surface area contributed by atoms with Crippen molar-refractivity contribution in [3.8, 4) is 17.3 Å². The van der Waals surface area contributed by atoms with E-state index >= 15 is 4.39 Å². The number of H-pyrrole nitrogens is 1. The third kappa shape index (κ3) is 2.91. The predicted octanol–water partition coefficient (Wildman–Crippen LogP) is 1.94. The molecule has 3 aromatic heterocycles. The summed E-state index contributed by atoms with van der Waals surface area (Å²) < 4.78 is 16.7. The number of benzene rings is 1. The number of anilines is 1. The third-order valence-electron chi connectivity index (χ3n) is 4.28. The highest BCUT2D eigenvalue weighted by Crippen LogP contribution is 2.40. The minimum atomic E-state index is -1.26. The minimum Gasteiger partial charge on any atom is -0.339 e. The summed E-state index contributed by atoms with van der Waals surface area (Å²) in [6.45, 7) is 0. The van der Waals surface area contributed by atoms with Crippen molar-refractivity contribution < 1.29 is 14.0 Å². The summed E-state index contributed by atoms with van der Waals surface area (Å²) in [6.07, 6.45) is 6.78. The maximum Gasteiger partial charge on any atom is 0.212 e. The fourth-order valence-corrected chi connectivity index (χ4v) is 3.37. The van der Waals surface area contributed by atoms with Crippen LogP contribution in [0.4, 0.5) is 10.2 Å². The molecule has 10 nitrogen and oxygen atoms in total. The minimum absolute atomic E-state index is 0.123. The molecule has 0 saturated heterocycles. The van der Waals surface area contributed by atoms with Gasteiger partial charge in [-0.25, -0.2) is 9.37 Å². The number of carbonyl (C=O) groups is 2. The first-order valence-corrected chi connectivity index (χ1v) is 8.45. The van der Waals surface area contributed by atoms with Gasteiger partial charge in [-0.3, -0.25) is 19.7 Å². The second-order valence-electron chi connectivity index (χ2n) is 5.85. The van der Waals surface area contributed by atoms with Gasteiger partial charge in [0.2, 0.25) is 12.8 Å². The molecule has 0 aliphatic rings. The van der Waals surface area contributed by atoms with Gasteiger partial charge in [0.25, 0.3) is 0 Å². The van der Waals surface area contributed by atoms with E-state index in [9.17, 15) is 14.9 Å². The Hall–Kier alpha value is -4.04. The lowest BCUT2D eigenvalue weighted by Gasteiger charge is -2.15. The summed E-state index contributed by atoms with van der Waals surface area (Å²) in [6, 6.07) is 0.554. The average molecular weight is 413 g/mol. The largest absolute Gasteiger partial charge is 0.339 e. The van der Waals surface area contributed by atoms with Crippen molar-refractivity contribution in [2.75, 3.05) is 5.32 Å². The predicted molar refractivity (Wildman–Crippen MR) is 100 cm³/mol. The zero-order valence-corrected chi connectivity index (χ0v) is 15.1. The molecule has 0 bridgehead atoms. The lowest BCUT2D eigenvalue weighted by Crippen LogP contribution is -2.19. The van der Waals surface area contributed by atoms with Crippen LogP contribution < -0.4 is 10.6 Å². The summed E-state index contributed by atoms with van der Waals surface area (Å²) in [5, 5.41) is 20.7. The van der Waals surface area contributed by atoms with Crippen LogP contribution in [0.5, 0.6) is 0 Å². The van der Waals surface area contributed by atoms with Crippen LogP contribution in [0, 0.1) is 17.1 Å². The Bertz CT molecular complexity index is 1310. The zero-order valence-electron chi connectivity index (χ0n) is 14.3. The van der Waals surface area contributed by atoms with E-state index in [0.29, 0.717) is 35.4 Å². The number of nitriles is 1. The van der Waals surface area contributed by atoms with Crippen molar-refractivity contribution in [3.63, 3.8) is 0 Å². The molecular formula is C17H10ClFN8O2. The average Bonchev–Trinajstić information content (AvgIpc) is 3.34. The van der Waals surface area contributed by atoms with Crippen molar-refractivity contribution in [2.24, 2.45) is 0 Å². The highest BCUT2D eigenvalue weighted by molar-refractivity contribution is 6.35. The van der Waals surface area contributed by atoms with Gasteiger partial charge in [-0.05, 0) is 0 Å². The first-order valence-electron chi connectivity index (χ1n) is 8.07. The maximum atomic E-state index is 15.2. The lowest BCUT2D eigenvalue weighted by molar-refractivity contribution is -0.110. The van der Waals surface area contributed by atoms with Crippen LogP contribution in [0.2, 0.25) is 5.02 Å². The molecule has 29 heavy (non-hydrogen) atoms. The van der Waals surface area contributed by atoms with Crippen LogP contribution in [0.3, 0.4) is 0 Å². The molecule has 1 aromatic carbocycles. The van der Waals surface area contributed by atoms with E-state index in [0.717, 1.165) is 0 Å². The van der Waals surface area contributed by atoms with Crippen LogP contribution in [0.1, 0.15) is 11.6 Å². The molecule has 4 aromatic rings. The van der Waals surface area contributed by atoms with Crippen molar-refractivity contribution in [2.45, 2.75) is 6.04 Å². The molecule has 0 saturated carbocycles. The number of amides is 2. The van der Waals surface area contributed by atoms with E-state index in [4.69, 9.17) is 11.6 Å². The third-order valence-corrected chi connectivity index (χ3v) is 4.64. The fraction of sp³-hybridized carbons (Fsp3) is 0.0588. The standard InChI is InChI=1S/C17H10ClFN8O2/c18-15-13(10-4-27-5-11(23-7-29)25-12(27)3-21-10)8-2-24-26-17(8)14(16(15)19)9(1-20)22-6-28/h2-7,9H,(H,22,28)(H,23,29)(H,24,26). The molecule has 12 heteroatoms. The summed E-state index contributed by atoms with van der Waals surface area (Å²) in [5.41, 5.74) is 1.10. The quantitative estimate of drug-likeness (QED) is 0.413. The first-order chi connectivity index (χ1) is 14.1. The SMILES string of the molecule is N#CC(NC=O)c1c(F)c(Cl)c(-c2cn3cc(NC=O)nc3cn2)c2cn[nH]c12. The number of aromatic nitrogens is 5. The molecule has 4 rings (SSSR count). The summed E-state index contributed by atoms with van der Waals surface area (Å²) in [4.78, 5) is 29.8. The first kappa shape index (κ1) is 18.3. The van der Waals surface area contributed by atoms with Crippen LogP contribution in [-0.2, 0) is 9.59 Å². The van der Waals surface area contributed by atoms with Gasteiger partial charge in [-0.2, -0.15) is 10.4 Å². The molecular weight excluding hydrogens is 403 g/mol. The lowest BCUT2D eigenvalue weighted by atomic mass is 9.98. The smallest absolute Gasteiger partial charge is 0.212 e. The highest BCUT2D eigenvalue weighted by atomic mass is 35.5. The molecule has 1 unspecified atom stereocenters. The summed E-state index contributed by atoms with van der Waals surface area (Å²) in [7, 11) is 0. The monoisotopic (exact) mass is 412 g/mol. The number of nitrogens with zero attached hydrogens (tertiary/aromatic N) is 5. The second kappa shape index (κ2) is 7.17. The van der Waals surface area contributed by atoms with Crippen molar-refractivity contribution in [1.29, 1.82) is 5.26 Å². The van der Waals surface area contributed by atoms with Gasteiger partial charge in [0.15, 0.2) is 17.3 Å². The Morgan fingerprint density at radius 3 is 2.86 bits per heavy atom. The van der Waals surface area contributed by atoms with E-state index in [1.54, 1.807) is 16.8 Å². The molecule has 0 spiro atoms. The molecule has 144 valence electrons. The number of nitrogens with one attached hydrogen (secondary N) is 3. The van der Waals surface area contributed by atoms with Gasteiger partial charge in [0.05, 0.1) is 46.5 Å². The molecule has 1 atom stereocenters. The van der Waals surface area contributed by atoms with Gasteiger partial charge < -0.3 is 15.0 Å². The fourth-order valence-electron chi connectivity index (χ4n) is 3.07. The Balaban J connectivity index is 1.95. The number of carbonyl (C=O) groups excluding carboxylic acids is 2. The Morgan fingerprint density at radius 2 is 2.14 bits per heavy atom. The van der Waals surface area contributed by atoms with Crippen LogP contribution >= 0.6 is 11.6 Å². The van der Waals surface area contributed by atoms with E-state index in [2.05, 4.69) is 30.8 Å². The Morgan fingerprint density at radius 1 is 1.31 bits per heavy atom. The van der Waals surface area contributed by atoms with Crippen LogP contribution in [-0.4, -0.2) is 37.4 Å². The van der Waals surface area contributed by atoms with Crippen LogP contribution in [0.15, 0.2) is 24.8 Å². The second-order valence-corrected chi connectivity index (χ2v) is 6.23.